The van der Waals surface area contributed by atoms with Crippen LogP contribution in [0.15, 0.2) is 114 Å². The molecule has 0 aliphatic heterocycles. The summed E-state index contributed by atoms with van der Waals surface area (Å²) in [5, 5.41) is 14.8. The van der Waals surface area contributed by atoms with Gasteiger partial charge in [-0.05, 0) is 36.4 Å². The Hall–Kier alpha value is -6.01. The molecule has 1 aromatic heterocycles. The van der Waals surface area contributed by atoms with E-state index in [1.165, 1.54) is 24.4 Å². The molecule has 0 radical (unpaired) electrons. The number of hydrogen-bond acceptors (Lipinski definition) is 10. The summed E-state index contributed by atoms with van der Waals surface area (Å²) in [5.41, 5.74) is 3.81. The number of ether oxygens (including phenoxy) is 2. The fourth-order valence-corrected chi connectivity index (χ4v) is 4.33. The van der Waals surface area contributed by atoms with E-state index in [2.05, 4.69) is 26.0 Å². The first-order valence-electron chi connectivity index (χ1n) is 12.7. The van der Waals surface area contributed by atoms with Gasteiger partial charge in [0.15, 0.2) is 0 Å². The molecule has 5 aromatic rings. The highest BCUT2D eigenvalue weighted by Crippen LogP contribution is 2.27. The van der Waals surface area contributed by atoms with Crippen molar-refractivity contribution >= 4 is 46.4 Å². The summed E-state index contributed by atoms with van der Waals surface area (Å²) in [6.07, 6.45) is 1.18. The van der Waals surface area contributed by atoms with E-state index in [-0.39, 0.29) is 27.8 Å². The highest BCUT2D eigenvalue weighted by Gasteiger charge is 2.17. The molecule has 1 heterocycles. The molecule has 0 aliphatic carbocycles. The van der Waals surface area contributed by atoms with Crippen LogP contribution in [0, 0.1) is 0 Å². The Balaban J connectivity index is 1.27. The van der Waals surface area contributed by atoms with Gasteiger partial charge in [-0.15, -0.1) is 10.2 Å². The minimum Gasteiger partial charge on any atom is -0.423 e. The van der Waals surface area contributed by atoms with Crippen LogP contribution in [0.5, 0.6) is 11.5 Å². The Labute approximate surface area is 248 Å². The van der Waals surface area contributed by atoms with Crippen molar-refractivity contribution in [3.05, 3.63) is 126 Å². The smallest absolute Gasteiger partial charge is 0.343 e. The summed E-state index contributed by atoms with van der Waals surface area (Å²) in [4.78, 5) is 50.0. The van der Waals surface area contributed by atoms with Crippen LogP contribution >= 0.6 is 11.3 Å². The van der Waals surface area contributed by atoms with Crippen LogP contribution in [-0.2, 0) is 9.59 Å². The Bertz CT molecular complexity index is 1790. The second-order valence-electron chi connectivity index (χ2n) is 8.64. The monoisotopic (exact) mass is 591 g/mol. The number of esters is 2. The number of carbonyl (C=O) groups is 4. The van der Waals surface area contributed by atoms with Crippen LogP contribution in [0.3, 0.4) is 0 Å². The van der Waals surface area contributed by atoms with Crippen molar-refractivity contribution in [1.82, 2.24) is 15.6 Å². The SMILES string of the molecule is O=C(NN=Cc1ccc(OC(=O)c2ccccc2)cc1OC(=O)c1ccccc1)C(=O)Nc1nnc(-c2ccccc2)s1. The standard InChI is InChI=1S/C31H21N5O6S/c37-26(33-31-36-35-28(43-31)20-10-4-1-5-11-20)27(38)34-32-19-23-16-17-24(41-29(39)21-12-6-2-7-13-21)18-25(23)42-30(40)22-14-8-3-9-15-22/h1-19H,(H,34,38)(H,33,36,37). The highest BCUT2D eigenvalue weighted by atomic mass is 32.1. The van der Waals surface area contributed by atoms with Crippen molar-refractivity contribution in [1.29, 1.82) is 0 Å². The van der Waals surface area contributed by atoms with Gasteiger partial charge in [0, 0.05) is 17.2 Å². The first-order valence-corrected chi connectivity index (χ1v) is 13.5. The number of nitrogens with one attached hydrogen (secondary N) is 2. The molecular formula is C31H21N5O6S. The molecule has 0 spiro atoms. The summed E-state index contributed by atoms with van der Waals surface area (Å²) < 4.78 is 11.0. The average molecular weight is 592 g/mol. The van der Waals surface area contributed by atoms with Gasteiger partial charge in [-0.25, -0.2) is 15.0 Å². The molecule has 5 rings (SSSR count). The zero-order valence-corrected chi connectivity index (χ0v) is 23.0. The van der Waals surface area contributed by atoms with Gasteiger partial charge in [-0.3, -0.25) is 14.9 Å². The van der Waals surface area contributed by atoms with Crippen molar-refractivity contribution in [2.75, 3.05) is 5.32 Å². The molecule has 212 valence electrons. The Morgan fingerprint density at radius 3 is 1.95 bits per heavy atom. The van der Waals surface area contributed by atoms with E-state index in [1.807, 2.05) is 30.3 Å². The molecule has 0 atom stereocenters. The van der Waals surface area contributed by atoms with E-state index < -0.39 is 23.8 Å². The van der Waals surface area contributed by atoms with E-state index in [0.717, 1.165) is 16.9 Å². The van der Waals surface area contributed by atoms with Crippen molar-refractivity contribution in [3.63, 3.8) is 0 Å². The summed E-state index contributed by atoms with van der Waals surface area (Å²) in [6, 6.07) is 30.2. The Morgan fingerprint density at radius 1 is 0.698 bits per heavy atom. The molecule has 0 unspecified atom stereocenters. The number of rotatable bonds is 8. The average Bonchev–Trinajstić information content (AvgIpc) is 3.51. The minimum atomic E-state index is -1.07. The lowest BCUT2D eigenvalue weighted by Gasteiger charge is -2.10. The quantitative estimate of drug-likeness (QED) is 0.0865. The third-order valence-electron chi connectivity index (χ3n) is 5.66. The van der Waals surface area contributed by atoms with Crippen LogP contribution in [0.2, 0.25) is 0 Å². The lowest BCUT2D eigenvalue weighted by Crippen LogP contribution is -2.32. The summed E-state index contributed by atoms with van der Waals surface area (Å²) >= 11 is 1.11. The van der Waals surface area contributed by atoms with Gasteiger partial charge >= 0.3 is 23.8 Å². The maximum atomic E-state index is 12.8. The number of anilines is 1. The largest absolute Gasteiger partial charge is 0.423 e. The van der Waals surface area contributed by atoms with Crippen LogP contribution in [0.1, 0.15) is 26.3 Å². The number of nitrogens with zero attached hydrogens (tertiary/aromatic N) is 3. The third kappa shape index (κ3) is 7.60. The van der Waals surface area contributed by atoms with Crippen LogP contribution in [0.25, 0.3) is 10.6 Å². The number of benzene rings is 4. The van der Waals surface area contributed by atoms with Crippen molar-refractivity contribution in [2.24, 2.45) is 5.10 Å². The predicted molar refractivity (Wildman–Crippen MR) is 159 cm³/mol. The number of amides is 2. The van der Waals surface area contributed by atoms with Gasteiger partial charge in [0.1, 0.15) is 16.5 Å². The van der Waals surface area contributed by atoms with Gasteiger partial charge < -0.3 is 9.47 Å². The van der Waals surface area contributed by atoms with Gasteiger partial charge in [0.2, 0.25) is 5.13 Å². The molecule has 0 saturated carbocycles. The number of hydrogen-bond donors (Lipinski definition) is 2. The van der Waals surface area contributed by atoms with Crippen molar-refractivity contribution in [3.8, 4) is 22.1 Å². The first-order chi connectivity index (χ1) is 21.0. The van der Waals surface area contributed by atoms with Gasteiger partial charge in [-0.1, -0.05) is 78.1 Å². The van der Waals surface area contributed by atoms with E-state index in [0.29, 0.717) is 10.6 Å². The van der Waals surface area contributed by atoms with E-state index >= 15 is 0 Å². The normalized spacial score (nSPS) is 10.6. The van der Waals surface area contributed by atoms with Gasteiger partial charge in [-0.2, -0.15) is 5.10 Å². The summed E-state index contributed by atoms with van der Waals surface area (Å²) in [6.45, 7) is 0. The predicted octanol–water partition coefficient (Wildman–Crippen LogP) is 4.73. The second kappa shape index (κ2) is 13.6. The molecule has 2 amide bonds. The molecule has 12 heteroatoms. The van der Waals surface area contributed by atoms with Crippen molar-refractivity contribution < 1.29 is 28.7 Å². The number of hydrazone groups is 1. The maximum absolute atomic E-state index is 12.8. The van der Waals surface area contributed by atoms with E-state index in [9.17, 15) is 19.2 Å². The maximum Gasteiger partial charge on any atom is 0.343 e. The number of carbonyl (C=O) groups excluding carboxylic acids is 4. The number of aromatic nitrogens is 2. The van der Waals surface area contributed by atoms with Crippen LogP contribution in [0.4, 0.5) is 5.13 Å². The Kier molecular flexibility index (Phi) is 9.00. The first kappa shape index (κ1) is 28.5. The Morgan fingerprint density at radius 2 is 1.30 bits per heavy atom. The van der Waals surface area contributed by atoms with E-state index in [4.69, 9.17) is 9.47 Å². The molecule has 2 N–H and O–H groups in total. The molecule has 0 bridgehead atoms. The zero-order valence-electron chi connectivity index (χ0n) is 22.2. The third-order valence-corrected chi connectivity index (χ3v) is 6.55. The molecule has 43 heavy (non-hydrogen) atoms. The van der Waals surface area contributed by atoms with Crippen LogP contribution in [-0.4, -0.2) is 40.2 Å². The summed E-state index contributed by atoms with van der Waals surface area (Å²) in [5.74, 6) is -3.24. The molecule has 0 aliphatic rings. The lowest BCUT2D eigenvalue weighted by atomic mass is 10.2. The minimum absolute atomic E-state index is 0.00281. The van der Waals surface area contributed by atoms with E-state index in [1.54, 1.807) is 60.7 Å². The highest BCUT2D eigenvalue weighted by molar-refractivity contribution is 7.18. The zero-order chi connectivity index (χ0) is 30.0. The fraction of sp³-hybridized carbons (Fsp3) is 0. The fourth-order valence-electron chi connectivity index (χ4n) is 3.58. The second-order valence-corrected chi connectivity index (χ2v) is 9.62. The molecular weight excluding hydrogens is 570 g/mol. The molecule has 0 fully saturated rings. The molecule has 11 nitrogen and oxygen atoms in total. The van der Waals surface area contributed by atoms with Gasteiger partial charge in [0.05, 0.1) is 17.3 Å². The lowest BCUT2D eigenvalue weighted by molar-refractivity contribution is -0.136. The van der Waals surface area contributed by atoms with Crippen molar-refractivity contribution in [2.45, 2.75) is 0 Å². The van der Waals surface area contributed by atoms with Gasteiger partial charge in [0.25, 0.3) is 0 Å². The van der Waals surface area contributed by atoms with Crippen LogP contribution < -0.4 is 20.2 Å². The molecule has 4 aromatic carbocycles. The summed E-state index contributed by atoms with van der Waals surface area (Å²) in [7, 11) is 0. The molecule has 0 saturated heterocycles. The topological polar surface area (TPSA) is 149 Å².